The van der Waals surface area contributed by atoms with E-state index in [9.17, 15) is 14.9 Å². The summed E-state index contributed by atoms with van der Waals surface area (Å²) in [5.41, 5.74) is 3.80. The Kier molecular flexibility index (Phi) is 7.24. The van der Waals surface area contributed by atoms with Crippen molar-refractivity contribution in [2.75, 3.05) is 5.32 Å². The number of carbonyl (C=O) groups is 1. The molecule has 0 unspecified atom stereocenters. The number of fused-ring (bicyclic) bond motifs is 1. The lowest BCUT2D eigenvalue weighted by atomic mass is 10.1. The second-order valence-electron chi connectivity index (χ2n) is 9.44. The zero-order chi connectivity index (χ0) is 26.6. The fourth-order valence-electron chi connectivity index (χ4n) is 3.65. The maximum absolute atomic E-state index is 12.1. The third-order valence-corrected chi connectivity index (χ3v) is 5.40. The van der Waals surface area contributed by atoms with E-state index in [4.69, 9.17) is 9.47 Å². The van der Waals surface area contributed by atoms with E-state index in [2.05, 4.69) is 10.3 Å². The Balaban J connectivity index is 1.54. The lowest BCUT2D eigenvalue weighted by Crippen LogP contribution is -2.27. The highest BCUT2D eigenvalue weighted by Crippen LogP contribution is 2.30. The molecule has 0 aliphatic heterocycles. The molecule has 4 rings (SSSR count). The first-order chi connectivity index (χ1) is 17.6. The fourth-order valence-corrected chi connectivity index (χ4v) is 3.65. The molecule has 0 bridgehead atoms. The van der Waals surface area contributed by atoms with E-state index in [0.29, 0.717) is 11.3 Å². The Bertz CT molecular complexity index is 1470. The van der Waals surface area contributed by atoms with Gasteiger partial charge in [-0.25, -0.2) is 9.78 Å². The van der Waals surface area contributed by atoms with Crippen LogP contribution in [0.1, 0.15) is 43.3 Å². The molecule has 190 valence electrons. The van der Waals surface area contributed by atoms with Crippen LogP contribution < -0.4 is 10.1 Å². The van der Waals surface area contributed by atoms with Crippen molar-refractivity contribution in [1.82, 2.24) is 9.38 Å². The Morgan fingerprint density at radius 3 is 2.57 bits per heavy atom. The molecule has 9 heteroatoms. The van der Waals surface area contributed by atoms with Crippen molar-refractivity contribution in [1.29, 1.82) is 0 Å². The van der Waals surface area contributed by atoms with Gasteiger partial charge in [0, 0.05) is 29.7 Å². The van der Waals surface area contributed by atoms with Gasteiger partial charge in [-0.3, -0.25) is 15.4 Å². The number of benzene rings is 2. The summed E-state index contributed by atoms with van der Waals surface area (Å²) in [7, 11) is 0. The number of ether oxygens (including phenoxy) is 2. The second-order valence-corrected chi connectivity index (χ2v) is 9.44. The van der Waals surface area contributed by atoms with Gasteiger partial charge >= 0.3 is 11.8 Å². The average molecular weight is 501 g/mol. The molecule has 1 N–H and O–H groups in total. The predicted octanol–water partition coefficient (Wildman–Crippen LogP) is 6.65. The number of amides is 1. The van der Waals surface area contributed by atoms with E-state index in [1.54, 1.807) is 45.0 Å². The molecule has 0 saturated carbocycles. The average Bonchev–Trinajstić information content (AvgIpc) is 3.15. The Labute approximate surface area is 214 Å². The molecule has 0 aliphatic carbocycles. The molecule has 2 heterocycles. The molecule has 1 amide bonds. The van der Waals surface area contributed by atoms with Gasteiger partial charge in [-0.15, -0.1) is 0 Å². The molecule has 4 aromatic rings. The molecule has 2 aromatic heterocycles. The first-order valence-electron chi connectivity index (χ1n) is 11.7. The molecular formula is C28H28N4O5. The third-order valence-electron chi connectivity index (χ3n) is 5.40. The molecular weight excluding hydrogens is 472 g/mol. The van der Waals surface area contributed by atoms with E-state index in [1.807, 2.05) is 60.0 Å². The van der Waals surface area contributed by atoms with E-state index >= 15 is 0 Å². The number of nitrogens with zero attached hydrogens (tertiary/aromatic N) is 3. The topological polar surface area (TPSA) is 108 Å². The molecule has 37 heavy (non-hydrogen) atoms. The number of rotatable bonds is 7. The van der Waals surface area contributed by atoms with Crippen LogP contribution >= 0.6 is 0 Å². The summed E-state index contributed by atoms with van der Waals surface area (Å²) >= 11 is 0. The number of anilines is 1. The van der Waals surface area contributed by atoms with Crippen LogP contribution in [-0.4, -0.2) is 26.0 Å². The number of nitro groups is 1. The van der Waals surface area contributed by atoms with E-state index < -0.39 is 16.6 Å². The van der Waals surface area contributed by atoms with Gasteiger partial charge < -0.3 is 13.9 Å². The summed E-state index contributed by atoms with van der Waals surface area (Å²) in [4.78, 5) is 27.8. The monoisotopic (exact) mass is 500 g/mol. The van der Waals surface area contributed by atoms with Gasteiger partial charge in [0.2, 0.25) is 0 Å². The van der Waals surface area contributed by atoms with E-state index in [-0.39, 0.29) is 18.0 Å². The minimum atomic E-state index is -0.597. The molecule has 0 spiro atoms. The number of aromatic nitrogens is 2. The van der Waals surface area contributed by atoms with Gasteiger partial charge in [-0.05, 0) is 63.1 Å². The van der Waals surface area contributed by atoms with Crippen molar-refractivity contribution in [3.05, 3.63) is 99.5 Å². The largest absolute Gasteiger partial charge is 0.482 e. The molecule has 2 aromatic carbocycles. The highest BCUT2D eigenvalue weighted by Gasteiger charge is 2.17. The minimum absolute atomic E-state index is 0.0954. The van der Waals surface area contributed by atoms with Gasteiger partial charge in [0.25, 0.3) is 0 Å². The first-order valence-corrected chi connectivity index (χ1v) is 11.7. The van der Waals surface area contributed by atoms with Crippen molar-refractivity contribution in [3.63, 3.8) is 0 Å². The number of nitro benzene ring substituents is 1. The summed E-state index contributed by atoms with van der Waals surface area (Å²) in [6.45, 7) is 7.56. The van der Waals surface area contributed by atoms with Crippen molar-refractivity contribution >= 4 is 35.3 Å². The second kappa shape index (κ2) is 10.5. The zero-order valence-corrected chi connectivity index (χ0v) is 21.1. The predicted molar refractivity (Wildman–Crippen MR) is 143 cm³/mol. The van der Waals surface area contributed by atoms with Gasteiger partial charge in [0.05, 0.1) is 10.6 Å². The number of aryl methyl sites for hydroxylation is 1. The standard InChI is InChI=1S/C28H28N4O5/c1-19-23(30-26-17-22(14-15-31(19)26)29-27(33)37-28(2,3)4)12-10-20-11-13-24(32(34)35)25(16-20)36-18-21-8-6-5-7-9-21/h5-17H,18H2,1-4H3,(H,29,33). The number of hydrogen-bond acceptors (Lipinski definition) is 6. The minimum Gasteiger partial charge on any atom is -0.482 e. The van der Waals surface area contributed by atoms with Crippen molar-refractivity contribution < 1.29 is 19.2 Å². The van der Waals surface area contributed by atoms with Crippen molar-refractivity contribution in [3.8, 4) is 5.75 Å². The summed E-state index contributed by atoms with van der Waals surface area (Å²) in [5, 5.41) is 14.2. The van der Waals surface area contributed by atoms with Gasteiger partial charge in [0.1, 0.15) is 17.9 Å². The summed E-state index contributed by atoms with van der Waals surface area (Å²) in [5.74, 6) is 0.195. The number of hydrogen-bond donors (Lipinski definition) is 1. The Hall–Kier alpha value is -4.66. The summed E-state index contributed by atoms with van der Waals surface area (Å²) in [6, 6.07) is 17.7. The lowest BCUT2D eigenvalue weighted by molar-refractivity contribution is -0.385. The third kappa shape index (κ3) is 6.52. The Morgan fingerprint density at radius 2 is 1.86 bits per heavy atom. The van der Waals surface area contributed by atoms with Gasteiger partial charge in [-0.2, -0.15) is 0 Å². The quantitative estimate of drug-likeness (QED) is 0.225. The van der Waals surface area contributed by atoms with Crippen LogP contribution in [0.5, 0.6) is 5.75 Å². The van der Waals surface area contributed by atoms with Crippen LogP contribution in [0.2, 0.25) is 0 Å². The highest BCUT2D eigenvalue weighted by molar-refractivity contribution is 5.85. The lowest BCUT2D eigenvalue weighted by Gasteiger charge is -2.19. The normalized spacial score (nSPS) is 11.6. The maximum atomic E-state index is 12.1. The van der Waals surface area contributed by atoms with Crippen LogP contribution in [-0.2, 0) is 11.3 Å². The van der Waals surface area contributed by atoms with Crippen LogP contribution in [0.4, 0.5) is 16.2 Å². The molecule has 0 fully saturated rings. The number of carbonyl (C=O) groups excluding carboxylic acids is 1. The van der Waals surface area contributed by atoms with Crippen LogP contribution in [0.3, 0.4) is 0 Å². The molecule has 0 aliphatic rings. The van der Waals surface area contributed by atoms with Gasteiger partial charge in [0.15, 0.2) is 5.75 Å². The molecule has 9 nitrogen and oxygen atoms in total. The van der Waals surface area contributed by atoms with Crippen LogP contribution in [0, 0.1) is 17.0 Å². The number of nitrogens with one attached hydrogen (secondary N) is 1. The summed E-state index contributed by atoms with van der Waals surface area (Å²) in [6.07, 6.45) is 4.95. The smallest absolute Gasteiger partial charge is 0.412 e. The molecule has 0 saturated heterocycles. The fraction of sp³-hybridized carbons (Fsp3) is 0.214. The zero-order valence-electron chi connectivity index (χ0n) is 21.1. The first kappa shape index (κ1) is 25.4. The van der Waals surface area contributed by atoms with Crippen molar-refractivity contribution in [2.45, 2.75) is 39.9 Å². The number of pyridine rings is 1. The van der Waals surface area contributed by atoms with Crippen molar-refractivity contribution in [2.24, 2.45) is 0 Å². The maximum Gasteiger partial charge on any atom is 0.412 e. The highest BCUT2D eigenvalue weighted by atomic mass is 16.6. The Morgan fingerprint density at radius 1 is 1.11 bits per heavy atom. The summed E-state index contributed by atoms with van der Waals surface area (Å²) < 4.78 is 13.0. The van der Waals surface area contributed by atoms with Gasteiger partial charge in [-0.1, -0.05) is 36.4 Å². The van der Waals surface area contributed by atoms with Crippen LogP contribution in [0.25, 0.3) is 17.8 Å². The molecule has 0 atom stereocenters. The van der Waals surface area contributed by atoms with E-state index in [1.165, 1.54) is 6.07 Å². The van der Waals surface area contributed by atoms with E-state index in [0.717, 1.165) is 22.5 Å². The SMILES string of the molecule is Cc1c(C=Cc2ccc([N+](=O)[O-])c(OCc3ccccc3)c2)nc2cc(NC(=O)OC(C)(C)C)ccn12. The molecule has 0 radical (unpaired) electrons. The number of imidazole rings is 1. The van der Waals surface area contributed by atoms with Crippen LogP contribution in [0.15, 0.2) is 66.9 Å².